The molecule has 22 heavy (non-hydrogen) atoms. The molecule has 134 valence electrons. The lowest BCUT2D eigenvalue weighted by Crippen LogP contribution is -2.17. The second-order valence-corrected chi connectivity index (χ2v) is 7.26. The van der Waals surface area contributed by atoms with Crippen molar-refractivity contribution in [3.05, 3.63) is 0 Å². The minimum atomic E-state index is 0.451. The fourth-order valence-electron chi connectivity index (χ4n) is 3.16. The van der Waals surface area contributed by atoms with Crippen molar-refractivity contribution in [1.82, 2.24) is 0 Å². The van der Waals surface area contributed by atoms with Crippen molar-refractivity contribution in [3.8, 4) is 0 Å². The number of hydrogen-bond donors (Lipinski definition) is 1. The van der Waals surface area contributed by atoms with E-state index in [1.807, 2.05) is 0 Å². The van der Waals surface area contributed by atoms with Gasteiger partial charge in [0.15, 0.2) is 0 Å². The standard InChI is InChI=1S/C21H45N/c1-3-5-6-7-8-9-10-11-12-13-14-15-16-17-18-19-20-21(22)4-2/h21H,3-20,22H2,1-2H3. The van der Waals surface area contributed by atoms with E-state index in [0.29, 0.717) is 6.04 Å². The number of rotatable bonds is 18. The zero-order valence-corrected chi connectivity index (χ0v) is 15.9. The summed E-state index contributed by atoms with van der Waals surface area (Å²) in [5, 5.41) is 0. The summed E-state index contributed by atoms with van der Waals surface area (Å²) in [7, 11) is 0. The number of nitrogens with two attached hydrogens (primary N) is 1. The van der Waals surface area contributed by atoms with Gasteiger partial charge in [-0.3, -0.25) is 0 Å². The van der Waals surface area contributed by atoms with E-state index >= 15 is 0 Å². The molecule has 0 saturated heterocycles. The van der Waals surface area contributed by atoms with Crippen LogP contribution in [-0.4, -0.2) is 6.04 Å². The second-order valence-electron chi connectivity index (χ2n) is 7.26. The van der Waals surface area contributed by atoms with Gasteiger partial charge in [-0.25, -0.2) is 0 Å². The van der Waals surface area contributed by atoms with Crippen LogP contribution in [0.1, 0.15) is 129 Å². The van der Waals surface area contributed by atoms with Crippen molar-refractivity contribution in [3.63, 3.8) is 0 Å². The lowest BCUT2D eigenvalue weighted by Gasteiger charge is -2.07. The minimum Gasteiger partial charge on any atom is -0.328 e. The van der Waals surface area contributed by atoms with Gasteiger partial charge < -0.3 is 5.73 Å². The van der Waals surface area contributed by atoms with Crippen LogP contribution in [0.3, 0.4) is 0 Å². The third-order valence-electron chi connectivity index (χ3n) is 4.95. The summed E-state index contributed by atoms with van der Waals surface area (Å²) < 4.78 is 0. The molecule has 0 aliphatic rings. The molecule has 0 bridgehead atoms. The highest BCUT2D eigenvalue weighted by Gasteiger charge is 1.98. The molecule has 0 aliphatic heterocycles. The first-order chi connectivity index (χ1) is 10.8. The minimum absolute atomic E-state index is 0.451. The first-order valence-electron chi connectivity index (χ1n) is 10.6. The Bertz CT molecular complexity index is 190. The van der Waals surface area contributed by atoms with Gasteiger partial charge in [0.2, 0.25) is 0 Å². The Balaban J connectivity index is 2.97. The maximum atomic E-state index is 5.93. The number of hydrogen-bond acceptors (Lipinski definition) is 1. The summed E-state index contributed by atoms with van der Waals surface area (Å²) in [6.45, 7) is 4.49. The molecule has 0 aromatic carbocycles. The molecule has 0 radical (unpaired) electrons. The van der Waals surface area contributed by atoms with Gasteiger partial charge >= 0.3 is 0 Å². The SMILES string of the molecule is CCCCCCCCCCCCCCCCCCC(N)CC. The first kappa shape index (κ1) is 22.0. The molecule has 1 nitrogen and oxygen atoms in total. The highest BCUT2D eigenvalue weighted by Crippen LogP contribution is 2.14. The monoisotopic (exact) mass is 311 g/mol. The van der Waals surface area contributed by atoms with Crippen LogP contribution >= 0.6 is 0 Å². The predicted octanol–water partition coefficient (Wildman–Crippen LogP) is 7.38. The van der Waals surface area contributed by atoms with Crippen molar-refractivity contribution >= 4 is 0 Å². The van der Waals surface area contributed by atoms with Gasteiger partial charge in [0.1, 0.15) is 0 Å². The van der Waals surface area contributed by atoms with Crippen LogP contribution < -0.4 is 5.73 Å². The Morgan fingerprint density at radius 2 is 0.818 bits per heavy atom. The summed E-state index contributed by atoms with van der Waals surface area (Å²) in [4.78, 5) is 0. The molecular formula is C21H45N. The Morgan fingerprint density at radius 1 is 0.500 bits per heavy atom. The van der Waals surface area contributed by atoms with Crippen LogP contribution in [0.15, 0.2) is 0 Å². The van der Waals surface area contributed by atoms with Crippen molar-refractivity contribution in [2.24, 2.45) is 5.73 Å². The summed E-state index contributed by atoms with van der Waals surface area (Å²) in [5.74, 6) is 0. The van der Waals surface area contributed by atoms with Gasteiger partial charge in [-0.1, -0.05) is 117 Å². The molecule has 0 heterocycles. The molecule has 0 fully saturated rings. The fraction of sp³-hybridized carbons (Fsp3) is 1.00. The molecule has 0 saturated carbocycles. The average molecular weight is 312 g/mol. The van der Waals surface area contributed by atoms with Gasteiger partial charge in [0, 0.05) is 6.04 Å². The van der Waals surface area contributed by atoms with Crippen LogP contribution in [0.25, 0.3) is 0 Å². The molecule has 0 aromatic heterocycles. The molecule has 0 aliphatic carbocycles. The molecule has 1 atom stereocenters. The normalized spacial score (nSPS) is 12.7. The van der Waals surface area contributed by atoms with E-state index < -0.39 is 0 Å². The molecule has 0 spiro atoms. The maximum absolute atomic E-state index is 5.93. The van der Waals surface area contributed by atoms with E-state index in [9.17, 15) is 0 Å². The maximum Gasteiger partial charge on any atom is 0.00362 e. The second kappa shape index (κ2) is 19.0. The van der Waals surface area contributed by atoms with Gasteiger partial charge in [-0.05, 0) is 12.8 Å². The highest BCUT2D eigenvalue weighted by atomic mass is 14.6. The quantitative estimate of drug-likeness (QED) is 0.263. The van der Waals surface area contributed by atoms with Crippen LogP contribution in [0.5, 0.6) is 0 Å². The van der Waals surface area contributed by atoms with E-state index in [1.165, 1.54) is 109 Å². The third kappa shape index (κ3) is 18.0. The van der Waals surface area contributed by atoms with Gasteiger partial charge in [-0.2, -0.15) is 0 Å². The van der Waals surface area contributed by atoms with E-state index in [2.05, 4.69) is 13.8 Å². The van der Waals surface area contributed by atoms with E-state index in [0.717, 1.165) is 6.42 Å². The van der Waals surface area contributed by atoms with Crippen LogP contribution in [0.4, 0.5) is 0 Å². The Hall–Kier alpha value is -0.0400. The first-order valence-corrected chi connectivity index (χ1v) is 10.6. The van der Waals surface area contributed by atoms with Crippen LogP contribution in [-0.2, 0) is 0 Å². The molecule has 1 heteroatoms. The van der Waals surface area contributed by atoms with Crippen molar-refractivity contribution in [1.29, 1.82) is 0 Å². The zero-order valence-electron chi connectivity index (χ0n) is 15.9. The Kier molecular flexibility index (Phi) is 19.0. The van der Waals surface area contributed by atoms with Crippen molar-refractivity contribution < 1.29 is 0 Å². The van der Waals surface area contributed by atoms with Gasteiger partial charge in [-0.15, -0.1) is 0 Å². The molecule has 2 N–H and O–H groups in total. The molecule has 1 unspecified atom stereocenters. The lowest BCUT2D eigenvalue weighted by molar-refractivity contribution is 0.509. The van der Waals surface area contributed by atoms with Gasteiger partial charge in [0.05, 0.1) is 0 Å². The Labute approximate surface area is 141 Å². The van der Waals surface area contributed by atoms with Crippen molar-refractivity contribution in [2.75, 3.05) is 0 Å². The van der Waals surface area contributed by atoms with Crippen LogP contribution in [0.2, 0.25) is 0 Å². The summed E-state index contributed by atoms with van der Waals surface area (Å²) in [5.41, 5.74) is 5.93. The highest BCUT2D eigenvalue weighted by molar-refractivity contribution is 4.58. The largest absolute Gasteiger partial charge is 0.328 e. The molecule has 0 rings (SSSR count). The lowest BCUT2D eigenvalue weighted by atomic mass is 10.0. The van der Waals surface area contributed by atoms with Crippen molar-refractivity contribution in [2.45, 2.75) is 135 Å². The smallest absolute Gasteiger partial charge is 0.00362 e. The molecule has 0 aromatic rings. The Morgan fingerprint density at radius 3 is 1.14 bits per heavy atom. The van der Waals surface area contributed by atoms with Gasteiger partial charge in [0.25, 0.3) is 0 Å². The zero-order chi connectivity index (χ0) is 16.3. The van der Waals surface area contributed by atoms with E-state index in [4.69, 9.17) is 5.73 Å². The number of unbranched alkanes of at least 4 members (excludes halogenated alkanes) is 15. The predicted molar refractivity (Wildman–Crippen MR) is 102 cm³/mol. The van der Waals surface area contributed by atoms with Crippen LogP contribution in [0, 0.1) is 0 Å². The topological polar surface area (TPSA) is 26.0 Å². The summed E-state index contributed by atoms with van der Waals surface area (Å²) in [6.07, 6.45) is 25.5. The van der Waals surface area contributed by atoms with E-state index in [1.54, 1.807) is 0 Å². The fourth-order valence-corrected chi connectivity index (χ4v) is 3.16. The summed E-state index contributed by atoms with van der Waals surface area (Å²) in [6, 6.07) is 0.451. The third-order valence-corrected chi connectivity index (χ3v) is 4.95. The molecule has 0 amide bonds. The molecular weight excluding hydrogens is 266 g/mol. The summed E-state index contributed by atoms with van der Waals surface area (Å²) >= 11 is 0. The average Bonchev–Trinajstić information content (AvgIpc) is 2.54. The van der Waals surface area contributed by atoms with E-state index in [-0.39, 0.29) is 0 Å².